The Labute approximate surface area is 156 Å². The fraction of sp³-hybridized carbons (Fsp3) is 0.211. The maximum atomic E-state index is 12.1. The molecule has 2 amide bonds. The molecule has 0 radical (unpaired) electrons. The molecule has 2 aromatic rings. The van der Waals surface area contributed by atoms with Gasteiger partial charge in [-0.05, 0) is 48.5 Å². The molecule has 0 aliphatic heterocycles. The number of anilines is 2. The van der Waals surface area contributed by atoms with Gasteiger partial charge in [0, 0.05) is 36.3 Å². The van der Waals surface area contributed by atoms with E-state index in [4.69, 9.17) is 11.6 Å². The highest BCUT2D eigenvalue weighted by molar-refractivity contribution is 6.30. The Balaban J connectivity index is 1.99. The minimum atomic E-state index is -0.451. The minimum absolute atomic E-state index is 0.126. The molecule has 0 bridgehead atoms. The van der Waals surface area contributed by atoms with Crippen LogP contribution in [0.5, 0.6) is 0 Å². The van der Waals surface area contributed by atoms with Crippen LogP contribution in [0.25, 0.3) is 0 Å². The van der Waals surface area contributed by atoms with Crippen LogP contribution in [-0.2, 0) is 14.3 Å². The molecule has 1 N–H and O–H groups in total. The number of rotatable bonds is 6. The predicted octanol–water partition coefficient (Wildman–Crippen LogP) is 3.51. The lowest BCUT2D eigenvalue weighted by atomic mass is 10.2. The molecule has 0 aromatic heterocycles. The predicted molar refractivity (Wildman–Crippen MR) is 101 cm³/mol. The summed E-state index contributed by atoms with van der Waals surface area (Å²) >= 11 is 5.81. The minimum Gasteiger partial charge on any atom is -0.465 e. The Bertz CT molecular complexity index is 788. The lowest BCUT2D eigenvalue weighted by Crippen LogP contribution is -2.32. The first-order valence-corrected chi connectivity index (χ1v) is 8.30. The number of benzene rings is 2. The smallest absolute Gasteiger partial charge is 0.337 e. The number of amides is 2. The van der Waals surface area contributed by atoms with Crippen molar-refractivity contribution in [2.75, 3.05) is 23.9 Å². The number of methoxy groups -OCH3 is 1. The van der Waals surface area contributed by atoms with Gasteiger partial charge < -0.3 is 15.0 Å². The van der Waals surface area contributed by atoms with Gasteiger partial charge in [0.25, 0.3) is 0 Å². The highest BCUT2D eigenvalue weighted by Gasteiger charge is 2.14. The third kappa shape index (κ3) is 5.32. The van der Waals surface area contributed by atoms with Crippen molar-refractivity contribution in [3.63, 3.8) is 0 Å². The third-order valence-corrected chi connectivity index (χ3v) is 3.92. The molecule has 0 heterocycles. The molecule has 0 saturated carbocycles. The quantitative estimate of drug-likeness (QED) is 0.785. The Morgan fingerprint density at radius 1 is 1.04 bits per heavy atom. The second-order valence-electron chi connectivity index (χ2n) is 5.51. The van der Waals surface area contributed by atoms with Crippen LogP contribution in [0.4, 0.5) is 11.4 Å². The molecule has 0 saturated heterocycles. The van der Waals surface area contributed by atoms with Gasteiger partial charge in [-0.15, -0.1) is 0 Å². The van der Waals surface area contributed by atoms with E-state index in [0.29, 0.717) is 22.0 Å². The Morgan fingerprint density at radius 3 is 2.19 bits per heavy atom. The van der Waals surface area contributed by atoms with Crippen LogP contribution >= 0.6 is 11.6 Å². The zero-order valence-electron chi connectivity index (χ0n) is 14.5. The van der Waals surface area contributed by atoms with E-state index in [-0.39, 0.29) is 24.8 Å². The summed E-state index contributed by atoms with van der Waals surface area (Å²) in [7, 11) is 1.30. The van der Waals surface area contributed by atoms with Crippen LogP contribution in [0.2, 0.25) is 5.02 Å². The summed E-state index contributed by atoms with van der Waals surface area (Å²) in [5.74, 6) is -0.867. The molecule has 2 aromatic carbocycles. The molecule has 0 aliphatic rings. The summed E-state index contributed by atoms with van der Waals surface area (Å²) in [4.78, 5) is 37.0. The Hall–Kier alpha value is -2.86. The van der Waals surface area contributed by atoms with E-state index in [1.807, 2.05) is 0 Å². The van der Waals surface area contributed by atoms with Gasteiger partial charge in [-0.25, -0.2) is 4.79 Å². The van der Waals surface area contributed by atoms with Gasteiger partial charge in [0.2, 0.25) is 11.8 Å². The third-order valence-electron chi connectivity index (χ3n) is 3.67. The molecular formula is C19H19ClN2O4. The van der Waals surface area contributed by atoms with Gasteiger partial charge in [-0.2, -0.15) is 0 Å². The van der Waals surface area contributed by atoms with Gasteiger partial charge in [0.05, 0.1) is 12.7 Å². The number of carbonyl (C=O) groups excluding carboxylic acids is 3. The van der Waals surface area contributed by atoms with Gasteiger partial charge in [-0.1, -0.05) is 11.6 Å². The van der Waals surface area contributed by atoms with E-state index >= 15 is 0 Å². The van der Waals surface area contributed by atoms with Crippen molar-refractivity contribution >= 4 is 40.8 Å². The summed E-state index contributed by atoms with van der Waals surface area (Å²) in [5.41, 5.74) is 1.63. The van der Waals surface area contributed by atoms with Crippen molar-refractivity contribution in [2.24, 2.45) is 0 Å². The van der Waals surface area contributed by atoms with E-state index in [0.717, 1.165) is 0 Å². The zero-order chi connectivity index (χ0) is 19.1. The first kappa shape index (κ1) is 19.5. The largest absolute Gasteiger partial charge is 0.465 e. The van der Waals surface area contributed by atoms with E-state index in [1.165, 1.54) is 18.9 Å². The topological polar surface area (TPSA) is 75.7 Å². The van der Waals surface area contributed by atoms with Crippen LogP contribution in [0.3, 0.4) is 0 Å². The average molecular weight is 375 g/mol. The lowest BCUT2D eigenvalue weighted by Gasteiger charge is -2.21. The highest BCUT2D eigenvalue weighted by Crippen LogP contribution is 2.17. The average Bonchev–Trinajstić information content (AvgIpc) is 2.63. The molecule has 2 rings (SSSR count). The Kier molecular flexibility index (Phi) is 6.74. The van der Waals surface area contributed by atoms with Crippen molar-refractivity contribution in [2.45, 2.75) is 13.3 Å². The molecule has 7 heteroatoms. The fourth-order valence-corrected chi connectivity index (χ4v) is 2.46. The van der Waals surface area contributed by atoms with Gasteiger partial charge >= 0.3 is 5.97 Å². The fourth-order valence-electron chi connectivity index (χ4n) is 2.33. The van der Waals surface area contributed by atoms with Gasteiger partial charge in [0.15, 0.2) is 0 Å². The van der Waals surface area contributed by atoms with Crippen molar-refractivity contribution in [1.82, 2.24) is 0 Å². The first-order chi connectivity index (χ1) is 12.4. The molecule has 0 spiro atoms. The maximum absolute atomic E-state index is 12.1. The number of halogens is 1. The van der Waals surface area contributed by atoms with Crippen molar-refractivity contribution in [3.05, 3.63) is 59.1 Å². The van der Waals surface area contributed by atoms with E-state index in [9.17, 15) is 14.4 Å². The van der Waals surface area contributed by atoms with Crippen LogP contribution in [-0.4, -0.2) is 31.4 Å². The number of hydrogen-bond acceptors (Lipinski definition) is 4. The molecule has 0 atom stereocenters. The van der Waals surface area contributed by atoms with Crippen molar-refractivity contribution in [1.29, 1.82) is 0 Å². The van der Waals surface area contributed by atoms with Crippen molar-refractivity contribution < 1.29 is 19.1 Å². The second kappa shape index (κ2) is 9.01. The summed E-state index contributed by atoms with van der Waals surface area (Å²) < 4.78 is 4.65. The number of nitrogens with one attached hydrogen (secondary N) is 1. The van der Waals surface area contributed by atoms with Crippen LogP contribution in [0.15, 0.2) is 48.5 Å². The van der Waals surface area contributed by atoms with E-state index in [1.54, 1.807) is 48.5 Å². The lowest BCUT2D eigenvalue weighted by molar-refractivity contribution is -0.117. The highest BCUT2D eigenvalue weighted by atomic mass is 35.5. The van der Waals surface area contributed by atoms with Crippen molar-refractivity contribution in [3.8, 4) is 0 Å². The molecule has 26 heavy (non-hydrogen) atoms. The number of ether oxygens (including phenoxy) is 1. The molecule has 6 nitrogen and oxygen atoms in total. The van der Waals surface area contributed by atoms with Crippen LogP contribution < -0.4 is 10.2 Å². The van der Waals surface area contributed by atoms with Crippen LogP contribution in [0.1, 0.15) is 23.7 Å². The summed E-state index contributed by atoms with van der Waals surface area (Å²) in [6, 6.07) is 13.2. The molecule has 0 aliphatic carbocycles. The number of carbonyl (C=O) groups is 3. The SMILES string of the molecule is COC(=O)c1ccc(N(CCC(=O)Nc2ccc(Cl)cc2)C(C)=O)cc1. The summed E-state index contributed by atoms with van der Waals surface area (Å²) in [5, 5.41) is 3.33. The normalized spacial score (nSPS) is 10.1. The van der Waals surface area contributed by atoms with E-state index < -0.39 is 5.97 Å². The van der Waals surface area contributed by atoms with E-state index in [2.05, 4.69) is 10.1 Å². The van der Waals surface area contributed by atoms with Gasteiger partial charge in [-0.3, -0.25) is 9.59 Å². The standard InChI is InChI=1S/C19H19ClN2O4/c1-13(23)22(17-9-3-14(4-10-17)19(25)26-2)12-11-18(24)21-16-7-5-15(20)6-8-16/h3-10H,11-12H2,1-2H3,(H,21,24). The first-order valence-electron chi connectivity index (χ1n) is 7.92. The number of esters is 1. The van der Waals surface area contributed by atoms with Crippen LogP contribution in [0, 0.1) is 0 Å². The Morgan fingerprint density at radius 2 is 1.65 bits per heavy atom. The zero-order valence-corrected chi connectivity index (χ0v) is 15.2. The molecule has 0 unspecified atom stereocenters. The number of hydrogen-bond donors (Lipinski definition) is 1. The monoisotopic (exact) mass is 374 g/mol. The molecule has 0 fully saturated rings. The van der Waals surface area contributed by atoms with Gasteiger partial charge in [0.1, 0.15) is 0 Å². The second-order valence-corrected chi connectivity index (χ2v) is 5.95. The summed E-state index contributed by atoms with van der Waals surface area (Å²) in [6.07, 6.45) is 0.126. The molecule has 136 valence electrons. The molecular weight excluding hydrogens is 356 g/mol. The summed E-state index contributed by atoms with van der Waals surface area (Å²) in [6.45, 7) is 1.64. The maximum Gasteiger partial charge on any atom is 0.337 e. The number of nitrogens with zero attached hydrogens (tertiary/aromatic N) is 1.